The monoisotopic (exact) mass is 432 g/mol. The molecular formula is C21H24N2O4S2. The molecule has 2 aromatic heterocycles. The summed E-state index contributed by atoms with van der Waals surface area (Å²) in [5.41, 5.74) is 8.11. The number of hydrogen-bond acceptors (Lipinski definition) is 6. The highest BCUT2D eigenvalue weighted by atomic mass is 32.1. The third-order valence-electron chi connectivity index (χ3n) is 5.51. The quantitative estimate of drug-likeness (QED) is 0.554. The number of amides is 2. The molecule has 0 spiro atoms. The normalized spacial score (nSPS) is 16.4. The Morgan fingerprint density at radius 1 is 1.03 bits per heavy atom. The molecule has 1 atom stereocenters. The van der Waals surface area contributed by atoms with Gasteiger partial charge in [-0.2, -0.15) is 0 Å². The Kier molecular flexibility index (Phi) is 5.74. The molecule has 2 aromatic rings. The average Bonchev–Trinajstić information content (AvgIpc) is 3.32. The van der Waals surface area contributed by atoms with Crippen LogP contribution >= 0.6 is 22.7 Å². The Morgan fingerprint density at radius 3 is 2.59 bits per heavy atom. The molecular weight excluding hydrogens is 408 g/mol. The van der Waals surface area contributed by atoms with Crippen molar-refractivity contribution in [2.24, 2.45) is 5.73 Å². The van der Waals surface area contributed by atoms with Crippen molar-refractivity contribution in [3.05, 3.63) is 37.4 Å². The summed E-state index contributed by atoms with van der Waals surface area (Å²) in [7, 11) is 0. The van der Waals surface area contributed by atoms with Crippen LogP contribution in [-0.4, -0.2) is 23.9 Å². The minimum atomic E-state index is -0.970. The van der Waals surface area contributed by atoms with Crippen molar-refractivity contribution >= 4 is 45.5 Å². The van der Waals surface area contributed by atoms with Crippen LogP contribution in [0, 0.1) is 0 Å². The summed E-state index contributed by atoms with van der Waals surface area (Å²) < 4.78 is 5.41. The summed E-state index contributed by atoms with van der Waals surface area (Å²) in [6.07, 6.45) is 7.22. The number of nitrogens with two attached hydrogens (primary N) is 1. The van der Waals surface area contributed by atoms with Crippen LogP contribution in [0.3, 0.4) is 0 Å². The number of hydrogen-bond donors (Lipinski definition) is 2. The van der Waals surface area contributed by atoms with E-state index in [0.29, 0.717) is 15.4 Å². The maximum atomic E-state index is 12.6. The molecule has 2 heterocycles. The van der Waals surface area contributed by atoms with E-state index >= 15 is 0 Å². The number of carbonyl (C=O) groups is 3. The lowest BCUT2D eigenvalue weighted by Gasteiger charge is -2.13. The summed E-state index contributed by atoms with van der Waals surface area (Å²) >= 11 is 2.86. The molecule has 2 aliphatic rings. The van der Waals surface area contributed by atoms with E-state index in [2.05, 4.69) is 5.32 Å². The summed E-state index contributed by atoms with van der Waals surface area (Å²) in [6, 6.07) is 1.91. The standard InChI is InChI=1S/C21H24N2O4S2/c1-11(27-21(26)16-10-12-6-3-2-4-8-14(12)28-16)19(25)23-20-17(18(22)24)13-7-5-9-15(13)29-20/h10-11H,2-9H2,1H3,(H2,22,24)(H,23,25)/t11-/m1/s1. The third-order valence-corrected chi connectivity index (χ3v) is 7.93. The molecule has 154 valence electrons. The van der Waals surface area contributed by atoms with Crippen molar-refractivity contribution in [2.75, 3.05) is 5.32 Å². The van der Waals surface area contributed by atoms with Crippen molar-refractivity contribution in [3.63, 3.8) is 0 Å². The molecule has 0 unspecified atom stereocenters. The number of esters is 1. The van der Waals surface area contributed by atoms with Crippen molar-refractivity contribution in [1.82, 2.24) is 0 Å². The molecule has 0 radical (unpaired) electrons. The highest BCUT2D eigenvalue weighted by Gasteiger charge is 2.28. The van der Waals surface area contributed by atoms with E-state index in [4.69, 9.17) is 10.5 Å². The van der Waals surface area contributed by atoms with Gasteiger partial charge in [-0.25, -0.2) is 4.79 Å². The second kappa shape index (κ2) is 8.28. The first-order valence-corrected chi connectivity index (χ1v) is 11.6. The highest BCUT2D eigenvalue weighted by molar-refractivity contribution is 7.17. The predicted molar refractivity (Wildman–Crippen MR) is 114 cm³/mol. The van der Waals surface area contributed by atoms with Gasteiger partial charge in [0.1, 0.15) is 9.88 Å². The first-order valence-electron chi connectivity index (χ1n) is 10.0. The Hall–Kier alpha value is -2.19. The highest BCUT2D eigenvalue weighted by Crippen LogP contribution is 2.39. The van der Waals surface area contributed by atoms with E-state index in [1.807, 2.05) is 6.07 Å². The summed E-state index contributed by atoms with van der Waals surface area (Å²) in [4.78, 5) is 39.9. The Bertz CT molecular complexity index is 952. The lowest BCUT2D eigenvalue weighted by Crippen LogP contribution is -2.30. The summed E-state index contributed by atoms with van der Waals surface area (Å²) in [5.74, 6) is -1.47. The molecule has 0 saturated heterocycles. The predicted octanol–water partition coefficient (Wildman–Crippen LogP) is 3.85. The van der Waals surface area contributed by atoms with E-state index in [9.17, 15) is 14.4 Å². The molecule has 29 heavy (non-hydrogen) atoms. The van der Waals surface area contributed by atoms with Crippen LogP contribution in [0.5, 0.6) is 0 Å². The lowest BCUT2D eigenvalue weighted by atomic mass is 10.1. The zero-order valence-corrected chi connectivity index (χ0v) is 18.0. The van der Waals surface area contributed by atoms with Crippen LogP contribution in [-0.2, 0) is 35.2 Å². The zero-order chi connectivity index (χ0) is 20.5. The van der Waals surface area contributed by atoms with Crippen molar-refractivity contribution in [1.29, 1.82) is 0 Å². The molecule has 0 fully saturated rings. The number of primary amides is 1. The van der Waals surface area contributed by atoms with Crippen LogP contribution in [0.1, 0.15) is 73.5 Å². The SMILES string of the molecule is C[C@@H](OC(=O)c1cc2c(s1)CCCCC2)C(=O)Nc1sc2c(c1C(N)=O)CCC2. The number of anilines is 1. The largest absolute Gasteiger partial charge is 0.448 e. The number of fused-ring (bicyclic) bond motifs is 2. The average molecular weight is 433 g/mol. The maximum absolute atomic E-state index is 12.6. The van der Waals surface area contributed by atoms with Crippen LogP contribution < -0.4 is 11.1 Å². The number of rotatable bonds is 5. The molecule has 0 aromatic carbocycles. The number of thiophene rings is 2. The van der Waals surface area contributed by atoms with Gasteiger partial charge < -0.3 is 15.8 Å². The third kappa shape index (κ3) is 4.09. The minimum Gasteiger partial charge on any atom is -0.448 e. The van der Waals surface area contributed by atoms with E-state index in [-0.39, 0.29) is 0 Å². The van der Waals surface area contributed by atoms with E-state index < -0.39 is 23.9 Å². The molecule has 3 N–H and O–H groups in total. The first-order chi connectivity index (χ1) is 13.9. The topological polar surface area (TPSA) is 98.5 Å². The first kappa shape index (κ1) is 20.1. The van der Waals surface area contributed by atoms with Gasteiger partial charge in [-0.15, -0.1) is 22.7 Å². The number of nitrogens with one attached hydrogen (secondary N) is 1. The Labute approximate surface area is 177 Å². The molecule has 2 aliphatic carbocycles. The van der Waals surface area contributed by atoms with E-state index in [1.54, 1.807) is 0 Å². The smallest absolute Gasteiger partial charge is 0.349 e. The van der Waals surface area contributed by atoms with Gasteiger partial charge in [0, 0.05) is 9.75 Å². The van der Waals surface area contributed by atoms with Gasteiger partial charge in [0.05, 0.1) is 5.56 Å². The molecule has 8 heteroatoms. The molecule has 0 saturated carbocycles. The van der Waals surface area contributed by atoms with Crippen LogP contribution in [0.15, 0.2) is 6.07 Å². The van der Waals surface area contributed by atoms with Gasteiger partial charge in [0.15, 0.2) is 6.10 Å². The second-order valence-corrected chi connectivity index (χ2v) is 9.82. The molecule has 4 rings (SSSR count). The summed E-state index contributed by atoms with van der Waals surface area (Å²) in [6.45, 7) is 1.54. The van der Waals surface area contributed by atoms with E-state index in [0.717, 1.165) is 55.4 Å². The van der Waals surface area contributed by atoms with Gasteiger partial charge in [0.2, 0.25) is 0 Å². The van der Waals surface area contributed by atoms with Crippen LogP contribution in [0.4, 0.5) is 5.00 Å². The molecule has 6 nitrogen and oxygen atoms in total. The van der Waals surface area contributed by atoms with Gasteiger partial charge in [-0.05, 0) is 69.1 Å². The fourth-order valence-corrected chi connectivity index (χ4v) is 6.44. The zero-order valence-electron chi connectivity index (χ0n) is 16.3. The molecule has 2 amide bonds. The second-order valence-electron chi connectivity index (χ2n) is 7.58. The van der Waals surface area contributed by atoms with Crippen LogP contribution in [0.2, 0.25) is 0 Å². The van der Waals surface area contributed by atoms with Crippen molar-refractivity contribution < 1.29 is 19.1 Å². The minimum absolute atomic E-state index is 0.399. The lowest BCUT2D eigenvalue weighted by molar-refractivity contribution is -0.123. The Balaban J connectivity index is 1.43. The number of ether oxygens (including phenoxy) is 1. The molecule has 0 aliphatic heterocycles. The number of aryl methyl sites for hydroxylation is 3. The fraction of sp³-hybridized carbons (Fsp3) is 0.476. The van der Waals surface area contributed by atoms with Crippen molar-refractivity contribution in [2.45, 2.75) is 64.4 Å². The maximum Gasteiger partial charge on any atom is 0.349 e. The molecule has 0 bridgehead atoms. The van der Waals surface area contributed by atoms with Gasteiger partial charge >= 0.3 is 5.97 Å². The van der Waals surface area contributed by atoms with Crippen LogP contribution in [0.25, 0.3) is 0 Å². The number of carbonyl (C=O) groups excluding carboxylic acids is 3. The Morgan fingerprint density at radius 2 is 1.79 bits per heavy atom. The summed E-state index contributed by atoms with van der Waals surface area (Å²) in [5, 5.41) is 3.20. The fourth-order valence-electron chi connectivity index (χ4n) is 4.01. The van der Waals surface area contributed by atoms with Gasteiger partial charge in [-0.3, -0.25) is 9.59 Å². The van der Waals surface area contributed by atoms with Crippen molar-refractivity contribution in [3.8, 4) is 0 Å². The van der Waals surface area contributed by atoms with Gasteiger partial charge in [-0.1, -0.05) is 6.42 Å². The van der Waals surface area contributed by atoms with E-state index in [1.165, 1.54) is 46.5 Å². The van der Waals surface area contributed by atoms with Gasteiger partial charge in [0.25, 0.3) is 11.8 Å².